The molecule has 3 nitrogen and oxygen atoms in total. The van der Waals surface area contributed by atoms with Gasteiger partial charge in [0.25, 0.3) is 0 Å². The smallest absolute Gasteiger partial charge is 0.409 e. The molecule has 14 heavy (non-hydrogen) atoms. The van der Waals surface area contributed by atoms with Gasteiger partial charge in [0.2, 0.25) is 0 Å². The number of benzene rings is 1. The monoisotopic (exact) mass is 190 g/mol. The molecule has 2 N–H and O–H groups in total. The third-order valence-electron chi connectivity index (χ3n) is 2.15. The second kappa shape index (κ2) is 3.70. The lowest BCUT2D eigenvalue weighted by Crippen LogP contribution is -2.16. The summed E-state index contributed by atoms with van der Waals surface area (Å²) < 4.78 is 4.71. The van der Waals surface area contributed by atoms with Gasteiger partial charge in [0.1, 0.15) is 5.75 Å². The fourth-order valence-corrected chi connectivity index (χ4v) is 1.30. The van der Waals surface area contributed by atoms with Crippen LogP contribution in [-0.2, 0) is 0 Å². The second-order valence-corrected chi connectivity index (χ2v) is 3.49. The standard InChI is InChI=1S/C11H12NO2/c12-11(13)14-10-5-3-9(4-6-10)7-8-1-2-8/h3-8H,1-2H2,(H2,12,13). The molecule has 1 aliphatic carbocycles. The Morgan fingerprint density at radius 3 is 2.50 bits per heavy atom. The largest absolute Gasteiger partial charge is 0.411 e. The predicted octanol–water partition coefficient (Wildman–Crippen LogP) is 2.11. The summed E-state index contributed by atoms with van der Waals surface area (Å²) in [6.07, 6.45) is 4.04. The highest BCUT2D eigenvalue weighted by Crippen LogP contribution is 2.34. The molecule has 0 spiro atoms. The molecular formula is C11H12NO2. The van der Waals surface area contributed by atoms with Crippen molar-refractivity contribution < 1.29 is 9.53 Å². The molecule has 0 aromatic heterocycles. The van der Waals surface area contributed by atoms with Gasteiger partial charge in [0, 0.05) is 0 Å². The molecule has 0 aliphatic heterocycles. The van der Waals surface area contributed by atoms with Gasteiger partial charge in [-0.05, 0) is 42.9 Å². The number of hydrogen-bond donors (Lipinski definition) is 1. The van der Waals surface area contributed by atoms with E-state index in [1.165, 1.54) is 18.4 Å². The first-order valence-corrected chi connectivity index (χ1v) is 4.66. The van der Waals surface area contributed by atoms with Gasteiger partial charge in [-0.3, -0.25) is 0 Å². The van der Waals surface area contributed by atoms with E-state index >= 15 is 0 Å². The predicted molar refractivity (Wildman–Crippen MR) is 52.8 cm³/mol. The van der Waals surface area contributed by atoms with Gasteiger partial charge in [-0.25, -0.2) is 4.79 Å². The van der Waals surface area contributed by atoms with E-state index in [0.29, 0.717) is 5.75 Å². The Morgan fingerprint density at radius 1 is 1.36 bits per heavy atom. The SMILES string of the molecule is NC(=O)Oc1ccc([CH]C2CC2)cc1. The van der Waals surface area contributed by atoms with Gasteiger partial charge in [0.15, 0.2) is 0 Å². The van der Waals surface area contributed by atoms with Crippen molar-refractivity contribution >= 4 is 6.09 Å². The van der Waals surface area contributed by atoms with Gasteiger partial charge in [0.05, 0.1) is 0 Å². The molecule has 1 aliphatic rings. The van der Waals surface area contributed by atoms with E-state index in [0.717, 1.165) is 5.92 Å². The van der Waals surface area contributed by atoms with Crippen LogP contribution in [0.15, 0.2) is 24.3 Å². The zero-order valence-corrected chi connectivity index (χ0v) is 7.77. The molecule has 1 amide bonds. The average Bonchev–Trinajstić information content (AvgIpc) is 2.91. The molecule has 2 rings (SSSR count). The van der Waals surface area contributed by atoms with Crippen LogP contribution in [0.25, 0.3) is 0 Å². The van der Waals surface area contributed by atoms with E-state index in [1.807, 2.05) is 12.1 Å². The van der Waals surface area contributed by atoms with E-state index in [2.05, 4.69) is 6.42 Å². The van der Waals surface area contributed by atoms with E-state index in [1.54, 1.807) is 12.1 Å². The molecular weight excluding hydrogens is 178 g/mol. The first-order valence-electron chi connectivity index (χ1n) is 4.66. The van der Waals surface area contributed by atoms with Crippen molar-refractivity contribution in [3.8, 4) is 5.75 Å². The number of rotatable bonds is 3. The molecule has 0 saturated heterocycles. The lowest BCUT2D eigenvalue weighted by atomic mass is 10.1. The van der Waals surface area contributed by atoms with Crippen LogP contribution in [0.3, 0.4) is 0 Å². The first kappa shape index (κ1) is 9.06. The van der Waals surface area contributed by atoms with Crippen LogP contribution in [0, 0.1) is 12.3 Å². The van der Waals surface area contributed by atoms with Crippen LogP contribution in [0.1, 0.15) is 18.4 Å². The number of primary amides is 1. The second-order valence-electron chi connectivity index (χ2n) is 3.49. The highest BCUT2D eigenvalue weighted by Gasteiger charge is 2.21. The zero-order chi connectivity index (χ0) is 9.97. The van der Waals surface area contributed by atoms with E-state index in [4.69, 9.17) is 10.5 Å². The summed E-state index contributed by atoms with van der Waals surface area (Å²) in [5.74, 6) is 1.24. The van der Waals surface area contributed by atoms with Crippen LogP contribution in [0.5, 0.6) is 5.75 Å². The Hall–Kier alpha value is -1.51. The minimum atomic E-state index is -0.774. The van der Waals surface area contributed by atoms with Gasteiger partial charge >= 0.3 is 6.09 Å². The summed E-state index contributed by atoms with van der Waals surface area (Å²) in [5.41, 5.74) is 6.05. The maximum Gasteiger partial charge on any atom is 0.409 e. The van der Waals surface area contributed by atoms with Crippen LogP contribution in [-0.4, -0.2) is 6.09 Å². The fraction of sp³-hybridized carbons (Fsp3) is 0.273. The van der Waals surface area contributed by atoms with Crippen molar-refractivity contribution in [1.29, 1.82) is 0 Å². The Morgan fingerprint density at radius 2 is 2.00 bits per heavy atom. The average molecular weight is 190 g/mol. The zero-order valence-electron chi connectivity index (χ0n) is 7.77. The van der Waals surface area contributed by atoms with Gasteiger partial charge in [-0.1, -0.05) is 12.1 Å². The summed E-state index contributed by atoms with van der Waals surface area (Å²) in [4.78, 5) is 10.4. The lowest BCUT2D eigenvalue weighted by Gasteiger charge is -2.02. The quantitative estimate of drug-likeness (QED) is 0.793. The lowest BCUT2D eigenvalue weighted by molar-refractivity contribution is 0.211. The molecule has 1 aromatic rings. The molecule has 1 radical (unpaired) electrons. The Balaban J connectivity index is 1.97. The van der Waals surface area contributed by atoms with E-state index in [-0.39, 0.29) is 0 Å². The summed E-state index contributed by atoms with van der Waals surface area (Å²) in [6.45, 7) is 0. The maximum atomic E-state index is 10.4. The van der Waals surface area contributed by atoms with Crippen molar-refractivity contribution in [2.75, 3.05) is 0 Å². The fourth-order valence-electron chi connectivity index (χ4n) is 1.30. The molecule has 1 aromatic carbocycles. The third-order valence-corrected chi connectivity index (χ3v) is 2.15. The minimum absolute atomic E-state index is 0.491. The van der Waals surface area contributed by atoms with Crippen molar-refractivity contribution in [1.82, 2.24) is 0 Å². The van der Waals surface area contributed by atoms with Crippen molar-refractivity contribution in [3.05, 3.63) is 36.2 Å². The van der Waals surface area contributed by atoms with Crippen LogP contribution >= 0.6 is 0 Å². The van der Waals surface area contributed by atoms with Gasteiger partial charge in [-0.15, -0.1) is 0 Å². The van der Waals surface area contributed by atoms with Crippen molar-refractivity contribution in [2.24, 2.45) is 11.7 Å². The Labute approximate surface area is 82.9 Å². The maximum absolute atomic E-state index is 10.4. The minimum Gasteiger partial charge on any atom is -0.411 e. The van der Waals surface area contributed by atoms with E-state index < -0.39 is 6.09 Å². The van der Waals surface area contributed by atoms with Gasteiger partial charge in [-0.2, -0.15) is 0 Å². The molecule has 73 valence electrons. The van der Waals surface area contributed by atoms with Crippen molar-refractivity contribution in [2.45, 2.75) is 12.8 Å². The molecule has 0 heterocycles. The molecule has 1 saturated carbocycles. The highest BCUT2D eigenvalue weighted by molar-refractivity contribution is 5.68. The van der Waals surface area contributed by atoms with Crippen LogP contribution in [0.2, 0.25) is 0 Å². The molecule has 0 unspecified atom stereocenters. The summed E-state index contributed by atoms with van der Waals surface area (Å²) >= 11 is 0. The number of carbonyl (C=O) groups excluding carboxylic acids is 1. The number of carbonyl (C=O) groups is 1. The van der Waals surface area contributed by atoms with E-state index in [9.17, 15) is 4.79 Å². The molecule has 3 heteroatoms. The number of ether oxygens (including phenoxy) is 1. The summed E-state index contributed by atoms with van der Waals surface area (Å²) in [7, 11) is 0. The Bertz CT molecular complexity index is 328. The number of amides is 1. The summed E-state index contributed by atoms with van der Waals surface area (Å²) in [6, 6.07) is 7.35. The topological polar surface area (TPSA) is 52.3 Å². The summed E-state index contributed by atoms with van der Waals surface area (Å²) in [5, 5.41) is 0. The van der Waals surface area contributed by atoms with Crippen LogP contribution < -0.4 is 10.5 Å². The third kappa shape index (κ3) is 2.49. The van der Waals surface area contributed by atoms with Gasteiger partial charge < -0.3 is 10.5 Å². The number of hydrogen-bond acceptors (Lipinski definition) is 2. The Kier molecular flexibility index (Phi) is 2.39. The molecule has 0 atom stereocenters. The highest BCUT2D eigenvalue weighted by atomic mass is 16.5. The van der Waals surface area contributed by atoms with Crippen molar-refractivity contribution in [3.63, 3.8) is 0 Å². The normalized spacial score (nSPS) is 15.1. The van der Waals surface area contributed by atoms with Crippen LogP contribution in [0.4, 0.5) is 4.79 Å². The molecule has 0 bridgehead atoms. The number of nitrogens with two attached hydrogens (primary N) is 1. The first-order chi connectivity index (χ1) is 6.74. The molecule has 1 fully saturated rings.